The molecule has 1 heterocycles. The lowest BCUT2D eigenvalue weighted by molar-refractivity contribution is -0.134. The standard InChI is InChI=1S/C17H22ClNO3/c1-2-6-19(16(20)10-18)14-4-3-11-8-12-5-7-22-15(12)9-13(11)17(14)21/h8-9,14,17,21H,2-7,10H2,1H3. The number of aryl methyl sites for hydroxylation is 1. The first-order valence-corrected chi connectivity index (χ1v) is 8.51. The first-order chi connectivity index (χ1) is 10.7. The zero-order chi connectivity index (χ0) is 15.7. The summed E-state index contributed by atoms with van der Waals surface area (Å²) in [4.78, 5) is 13.8. The molecule has 1 aromatic carbocycles. The molecule has 1 aromatic rings. The quantitative estimate of drug-likeness (QED) is 0.866. The molecule has 2 unspecified atom stereocenters. The van der Waals surface area contributed by atoms with Crippen molar-refractivity contribution in [3.05, 3.63) is 28.8 Å². The van der Waals surface area contributed by atoms with Gasteiger partial charge >= 0.3 is 0 Å². The average Bonchev–Trinajstić information content (AvgIpc) is 2.98. The van der Waals surface area contributed by atoms with E-state index in [-0.39, 0.29) is 17.8 Å². The summed E-state index contributed by atoms with van der Waals surface area (Å²) in [6.45, 7) is 3.37. The van der Waals surface area contributed by atoms with Crippen molar-refractivity contribution in [2.24, 2.45) is 0 Å². The van der Waals surface area contributed by atoms with E-state index >= 15 is 0 Å². The fraction of sp³-hybridized carbons (Fsp3) is 0.588. The number of carbonyl (C=O) groups is 1. The van der Waals surface area contributed by atoms with Crippen LogP contribution in [0.5, 0.6) is 5.75 Å². The van der Waals surface area contributed by atoms with Gasteiger partial charge in [-0.25, -0.2) is 0 Å². The number of amides is 1. The van der Waals surface area contributed by atoms with Crippen molar-refractivity contribution in [2.75, 3.05) is 19.0 Å². The van der Waals surface area contributed by atoms with Crippen LogP contribution in [0.15, 0.2) is 12.1 Å². The number of alkyl halides is 1. The van der Waals surface area contributed by atoms with Gasteiger partial charge in [0, 0.05) is 13.0 Å². The molecule has 2 atom stereocenters. The molecule has 2 aliphatic rings. The van der Waals surface area contributed by atoms with Crippen molar-refractivity contribution < 1.29 is 14.6 Å². The van der Waals surface area contributed by atoms with Crippen LogP contribution in [0, 0.1) is 0 Å². The van der Waals surface area contributed by atoms with Gasteiger partial charge in [-0.15, -0.1) is 11.6 Å². The molecule has 22 heavy (non-hydrogen) atoms. The van der Waals surface area contributed by atoms with Crippen LogP contribution >= 0.6 is 11.6 Å². The van der Waals surface area contributed by atoms with Crippen LogP contribution in [0.25, 0.3) is 0 Å². The third-order valence-electron chi connectivity index (χ3n) is 4.64. The smallest absolute Gasteiger partial charge is 0.237 e. The SMILES string of the molecule is CCCN(C(=O)CCl)C1CCc2cc3c(cc2C1O)OCC3. The molecule has 0 fully saturated rings. The van der Waals surface area contributed by atoms with E-state index in [0.29, 0.717) is 13.2 Å². The molecule has 0 bridgehead atoms. The molecule has 3 rings (SSSR count). The largest absolute Gasteiger partial charge is 0.493 e. The normalized spacial score (nSPS) is 22.7. The molecule has 0 radical (unpaired) electrons. The molecule has 1 aliphatic carbocycles. The maximum absolute atomic E-state index is 12.1. The Morgan fingerprint density at radius 3 is 2.95 bits per heavy atom. The topological polar surface area (TPSA) is 49.8 Å². The Hall–Kier alpha value is -1.26. The van der Waals surface area contributed by atoms with E-state index in [9.17, 15) is 9.90 Å². The van der Waals surface area contributed by atoms with Gasteiger partial charge in [-0.3, -0.25) is 4.79 Å². The van der Waals surface area contributed by atoms with Gasteiger partial charge in [-0.2, -0.15) is 0 Å². The van der Waals surface area contributed by atoms with Gasteiger partial charge < -0.3 is 14.7 Å². The second kappa shape index (κ2) is 6.47. The van der Waals surface area contributed by atoms with Crippen LogP contribution in [0.2, 0.25) is 0 Å². The Morgan fingerprint density at radius 1 is 1.41 bits per heavy atom. The van der Waals surface area contributed by atoms with E-state index in [1.165, 1.54) is 11.1 Å². The number of nitrogens with zero attached hydrogens (tertiary/aromatic N) is 1. The molecule has 0 spiro atoms. The first kappa shape index (κ1) is 15.6. The number of halogens is 1. The predicted molar refractivity (Wildman–Crippen MR) is 85.4 cm³/mol. The fourth-order valence-electron chi connectivity index (χ4n) is 3.57. The number of benzene rings is 1. The molecule has 0 aromatic heterocycles. The van der Waals surface area contributed by atoms with Gasteiger partial charge in [0.2, 0.25) is 5.91 Å². The van der Waals surface area contributed by atoms with Crippen molar-refractivity contribution in [3.8, 4) is 5.75 Å². The summed E-state index contributed by atoms with van der Waals surface area (Å²) in [5, 5.41) is 10.8. The highest BCUT2D eigenvalue weighted by molar-refractivity contribution is 6.27. The van der Waals surface area contributed by atoms with Gasteiger partial charge in [0.25, 0.3) is 0 Å². The van der Waals surface area contributed by atoms with Gasteiger partial charge in [0.15, 0.2) is 0 Å². The molecule has 5 heteroatoms. The number of carbonyl (C=O) groups excluding carboxylic acids is 1. The van der Waals surface area contributed by atoms with E-state index in [2.05, 4.69) is 6.07 Å². The van der Waals surface area contributed by atoms with E-state index < -0.39 is 6.10 Å². The molecule has 1 aliphatic heterocycles. The lowest BCUT2D eigenvalue weighted by Crippen LogP contribution is -2.46. The van der Waals surface area contributed by atoms with Gasteiger partial charge in [0.05, 0.1) is 18.8 Å². The van der Waals surface area contributed by atoms with Crippen LogP contribution in [-0.4, -0.2) is 41.0 Å². The first-order valence-electron chi connectivity index (χ1n) is 7.97. The lowest BCUT2D eigenvalue weighted by atomic mass is 9.83. The van der Waals surface area contributed by atoms with Gasteiger partial charge in [0.1, 0.15) is 11.6 Å². The maximum atomic E-state index is 12.1. The van der Waals surface area contributed by atoms with Crippen molar-refractivity contribution in [3.63, 3.8) is 0 Å². The summed E-state index contributed by atoms with van der Waals surface area (Å²) in [7, 11) is 0. The second-order valence-electron chi connectivity index (χ2n) is 6.03. The average molecular weight is 324 g/mol. The van der Waals surface area contributed by atoms with Crippen LogP contribution in [0.1, 0.15) is 42.6 Å². The highest BCUT2D eigenvalue weighted by Gasteiger charge is 2.35. The maximum Gasteiger partial charge on any atom is 0.237 e. The predicted octanol–water partition coefficient (Wildman–Crippen LogP) is 2.45. The van der Waals surface area contributed by atoms with Crippen LogP contribution < -0.4 is 4.74 Å². The Bertz CT molecular complexity index is 575. The summed E-state index contributed by atoms with van der Waals surface area (Å²) in [5.74, 6) is 0.737. The number of hydrogen-bond acceptors (Lipinski definition) is 3. The molecule has 120 valence electrons. The van der Waals surface area contributed by atoms with Crippen LogP contribution in [-0.2, 0) is 17.6 Å². The zero-order valence-electron chi connectivity index (χ0n) is 12.8. The van der Waals surface area contributed by atoms with Gasteiger partial charge in [-0.05, 0) is 42.0 Å². The Kier molecular flexibility index (Phi) is 4.59. The summed E-state index contributed by atoms with van der Waals surface area (Å²) in [6, 6.07) is 3.92. The van der Waals surface area contributed by atoms with E-state index in [1.807, 2.05) is 13.0 Å². The Morgan fingerprint density at radius 2 is 2.23 bits per heavy atom. The fourth-order valence-corrected chi connectivity index (χ4v) is 3.73. The summed E-state index contributed by atoms with van der Waals surface area (Å²) < 4.78 is 5.61. The summed E-state index contributed by atoms with van der Waals surface area (Å²) >= 11 is 5.73. The molecular weight excluding hydrogens is 302 g/mol. The summed E-state index contributed by atoms with van der Waals surface area (Å²) in [5.41, 5.74) is 3.31. The third-order valence-corrected chi connectivity index (χ3v) is 4.87. The van der Waals surface area contributed by atoms with Crippen molar-refractivity contribution >= 4 is 17.5 Å². The van der Waals surface area contributed by atoms with E-state index in [4.69, 9.17) is 16.3 Å². The monoisotopic (exact) mass is 323 g/mol. The van der Waals surface area contributed by atoms with E-state index in [1.54, 1.807) is 4.90 Å². The highest BCUT2D eigenvalue weighted by Crippen LogP contribution is 2.38. The minimum atomic E-state index is -0.669. The number of aliphatic hydroxyl groups excluding tert-OH is 1. The van der Waals surface area contributed by atoms with Crippen LogP contribution in [0.4, 0.5) is 0 Å². The Labute approximate surface area is 136 Å². The molecule has 4 nitrogen and oxygen atoms in total. The summed E-state index contributed by atoms with van der Waals surface area (Å²) in [6.07, 6.45) is 2.77. The molecule has 0 saturated heterocycles. The number of fused-ring (bicyclic) bond motifs is 2. The Balaban J connectivity index is 1.89. The minimum Gasteiger partial charge on any atom is -0.493 e. The number of hydrogen-bond donors (Lipinski definition) is 1. The van der Waals surface area contributed by atoms with Crippen molar-refractivity contribution in [2.45, 2.75) is 44.8 Å². The number of aliphatic hydroxyl groups is 1. The zero-order valence-corrected chi connectivity index (χ0v) is 13.6. The molecule has 0 saturated carbocycles. The molecule has 1 N–H and O–H groups in total. The minimum absolute atomic E-state index is 0.0383. The highest BCUT2D eigenvalue weighted by atomic mass is 35.5. The van der Waals surface area contributed by atoms with Crippen molar-refractivity contribution in [1.29, 1.82) is 0 Å². The molecular formula is C17H22ClNO3. The molecule has 1 amide bonds. The second-order valence-corrected chi connectivity index (χ2v) is 6.30. The van der Waals surface area contributed by atoms with Gasteiger partial charge in [-0.1, -0.05) is 13.0 Å². The van der Waals surface area contributed by atoms with E-state index in [0.717, 1.165) is 37.0 Å². The third kappa shape index (κ3) is 2.70. The number of rotatable bonds is 4. The van der Waals surface area contributed by atoms with Crippen LogP contribution in [0.3, 0.4) is 0 Å². The lowest BCUT2D eigenvalue weighted by Gasteiger charge is -2.38. The number of ether oxygens (including phenoxy) is 1. The van der Waals surface area contributed by atoms with Crippen molar-refractivity contribution in [1.82, 2.24) is 4.90 Å².